The van der Waals surface area contributed by atoms with E-state index in [1.165, 1.54) is 0 Å². The summed E-state index contributed by atoms with van der Waals surface area (Å²) < 4.78 is 6.00. The summed E-state index contributed by atoms with van der Waals surface area (Å²) in [5.74, 6) is -0.379. The largest absolute Gasteiger partial charge is 0.461 e. The van der Waals surface area contributed by atoms with Crippen LogP contribution in [0.1, 0.15) is 23.7 Å². The van der Waals surface area contributed by atoms with E-state index >= 15 is 0 Å². The fourth-order valence-electron chi connectivity index (χ4n) is 1.51. The number of rotatable bonds is 6. The Bertz CT molecular complexity index is 416. The van der Waals surface area contributed by atoms with Crippen molar-refractivity contribution in [3.05, 3.63) is 47.0 Å². The van der Waals surface area contributed by atoms with Crippen molar-refractivity contribution in [2.75, 3.05) is 13.2 Å². The first-order chi connectivity index (χ1) is 8.47. The van der Waals surface area contributed by atoms with Gasteiger partial charge in [-0.15, -0.1) is 0 Å². The average Bonchev–Trinajstić information content (AvgIpc) is 2.36. The molecule has 0 aromatic heterocycles. The zero-order valence-corrected chi connectivity index (χ0v) is 11.9. The van der Waals surface area contributed by atoms with Gasteiger partial charge in [0.05, 0.1) is 18.8 Å². The molecule has 1 rings (SSSR count). The summed E-state index contributed by atoms with van der Waals surface area (Å²) in [6.07, 6.45) is 0.547. The quantitative estimate of drug-likeness (QED) is 0.821. The maximum atomic E-state index is 11.8. The standard InChI is InChI=1S/C14H17BrO3/c1-11(15)8-14(2,9-16)10-18-13(17)12-6-4-3-5-7-12/h3-7,16H,1,8-10H2,2H3/t14-/m1/s1. The van der Waals surface area contributed by atoms with Crippen molar-refractivity contribution in [1.82, 2.24) is 0 Å². The summed E-state index contributed by atoms with van der Waals surface area (Å²) in [5.41, 5.74) is 0.000779. The minimum Gasteiger partial charge on any atom is -0.461 e. The highest BCUT2D eigenvalue weighted by Crippen LogP contribution is 2.28. The third-order valence-electron chi connectivity index (χ3n) is 2.56. The lowest BCUT2D eigenvalue weighted by molar-refractivity contribution is 0.0170. The van der Waals surface area contributed by atoms with Crippen LogP contribution in [0.25, 0.3) is 0 Å². The Balaban J connectivity index is 2.58. The van der Waals surface area contributed by atoms with Crippen molar-refractivity contribution in [1.29, 1.82) is 0 Å². The smallest absolute Gasteiger partial charge is 0.338 e. The van der Waals surface area contributed by atoms with Gasteiger partial charge < -0.3 is 9.84 Å². The van der Waals surface area contributed by atoms with E-state index < -0.39 is 5.41 Å². The normalized spacial score (nSPS) is 13.7. The number of carbonyl (C=O) groups is 1. The van der Waals surface area contributed by atoms with Crippen molar-refractivity contribution >= 4 is 21.9 Å². The number of ether oxygens (including phenoxy) is 1. The van der Waals surface area contributed by atoms with E-state index in [4.69, 9.17) is 4.74 Å². The van der Waals surface area contributed by atoms with Gasteiger partial charge in [-0.2, -0.15) is 0 Å². The van der Waals surface area contributed by atoms with E-state index in [2.05, 4.69) is 22.5 Å². The molecule has 1 N–H and O–H groups in total. The molecule has 0 saturated heterocycles. The molecule has 0 amide bonds. The molecule has 1 aromatic rings. The highest BCUT2D eigenvalue weighted by molar-refractivity contribution is 9.11. The lowest BCUT2D eigenvalue weighted by Crippen LogP contribution is -2.29. The van der Waals surface area contributed by atoms with Gasteiger partial charge in [-0.3, -0.25) is 0 Å². The third-order valence-corrected chi connectivity index (χ3v) is 2.84. The molecule has 0 aliphatic heterocycles. The third kappa shape index (κ3) is 4.63. The van der Waals surface area contributed by atoms with E-state index in [0.717, 1.165) is 4.48 Å². The van der Waals surface area contributed by atoms with Crippen LogP contribution in [0, 0.1) is 5.41 Å². The summed E-state index contributed by atoms with van der Waals surface area (Å²) in [4.78, 5) is 11.8. The van der Waals surface area contributed by atoms with Gasteiger partial charge in [-0.1, -0.05) is 47.6 Å². The number of benzene rings is 1. The Morgan fingerprint density at radius 1 is 1.44 bits per heavy atom. The lowest BCUT2D eigenvalue weighted by atomic mass is 9.89. The van der Waals surface area contributed by atoms with Crippen LogP contribution in [0.2, 0.25) is 0 Å². The van der Waals surface area contributed by atoms with Gasteiger partial charge in [-0.25, -0.2) is 4.79 Å². The fraction of sp³-hybridized carbons (Fsp3) is 0.357. The summed E-state index contributed by atoms with van der Waals surface area (Å²) in [7, 11) is 0. The molecule has 1 atom stereocenters. The van der Waals surface area contributed by atoms with Crippen molar-refractivity contribution in [2.45, 2.75) is 13.3 Å². The summed E-state index contributed by atoms with van der Waals surface area (Å²) in [5, 5.41) is 9.36. The molecule has 0 spiro atoms. The maximum Gasteiger partial charge on any atom is 0.338 e. The molecule has 0 unspecified atom stereocenters. The monoisotopic (exact) mass is 312 g/mol. The number of carbonyl (C=O) groups excluding carboxylic acids is 1. The number of aliphatic hydroxyl groups is 1. The predicted octanol–water partition coefficient (Wildman–Crippen LogP) is 3.14. The van der Waals surface area contributed by atoms with Gasteiger partial charge >= 0.3 is 5.97 Å². The van der Waals surface area contributed by atoms with Gasteiger partial charge in [0.25, 0.3) is 0 Å². The predicted molar refractivity (Wildman–Crippen MR) is 74.6 cm³/mol. The molecule has 0 saturated carbocycles. The second-order valence-corrected chi connectivity index (χ2v) is 5.73. The number of hydrogen-bond donors (Lipinski definition) is 1. The molecule has 0 fully saturated rings. The number of esters is 1. The Hall–Kier alpha value is -1.13. The first-order valence-electron chi connectivity index (χ1n) is 5.63. The van der Waals surface area contributed by atoms with Crippen LogP contribution in [0.4, 0.5) is 0 Å². The molecule has 0 bridgehead atoms. The Morgan fingerprint density at radius 3 is 2.56 bits per heavy atom. The van der Waals surface area contributed by atoms with Crippen molar-refractivity contribution in [3.63, 3.8) is 0 Å². The van der Waals surface area contributed by atoms with Crippen LogP contribution in [0.3, 0.4) is 0 Å². The van der Waals surface area contributed by atoms with Gasteiger partial charge in [0.15, 0.2) is 0 Å². The molecule has 0 aliphatic rings. The van der Waals surface area contributed by atoms with Crippen LogP contribution in [0.15, 0.2) is 41.4 Å². The number of allylic oxidation sites excluding steroid dienone is 1. The van der Waals surface area contributed by atoms with Crippen molar-refractivity contribution in [3.8, 4) is 0 Å². The minimum absolute atomic E-state index is 0.0698. The molecular formula is C14H17BrO3. The maximum absolute atomic E-state index is 11.8. The summed E-state index contributed by atoms with van der Waals surface area (Å²) in [6.45, 7) is 5.67. The topological polar surface area (TPSA) is 46.5 Å². The van der Waals surface area contributed by atoms with E-state index in [-0.39, 0.29) is 19.2 Å². The summed E-state index contributed by atoms with van der Waals surface area (Å²) in [6, 6.07) is 8.79. The minimum atomic E-state index is -0.509. The summed E-state index contributed by atoms with van der Waals surface area (Å²) >= 11 is 3.26. The van der Waals surface area contributed by atoms with Crippen LogP contribution in [0.5, 0.6) is 0 Å². The van der Waals surface area contributed by atoms with E-state index in [1.54, 1.807) is 24.3 Å². The Labute approximate surface area is 116 Å². The molecule has 0 radical (unpaired) electrons. The number of aliphatic hydroxyl groups excluding tert-OH is 1. The Kier molecular flexibility index (Phi) is 5.56. The SMILES string of the molecule is C=C(Br)C[C@](C)(CO)COC(=O)c1ccccc1. The van der Waals surface area contributed by atoms with Crippen LogP contribution < -0.4 is 0 Å². The number of hydrogen-bond acceptors (Lipinski definition) is 3. The van der Waals surface area contributed by atoms with Gasteiger partial charge in [0.1, 0.15) is 0 Å². The average molecular weight is 313 g/mol. The van der Waals surface area contributed by atoms with E-state index in [9.17, 15) is 9.90 Å². The van der Waals surface area contributed by atoms with Gasteiger partial charge in [0.2, 0.25) is 0 Å². The van der Waals surface area contributed by atoms with Gasteiger partial charge in [0, 0.05) is 5.41 Å². The molecule has 18 heavy (non-hydrogen) atoms. The molecule has 98 valence electrons. The van der Waals surface area contributed by atoms with E-state index in [1.807, 2.05) is 13.0 Å². The second kappa shape index (κ2) is 6.71. The molecule has 4 heteroatoms. The molecular weight excluding hydrogens is 296 g/mol. The molecule has 1 aromatic carbocycles. The molecule has 0 aliphatic carbocycles. The molecule has 3 nitrogen and oxygen atoms in total. The van der Waals surface area contributed by atoms with E-state index in [0.29, 0.717) is 12.0 Å². The molecule has 0 heterocycles. The Morgan fingerprint density at radius 2 is 2.06 bits per heavy atom. The zero-order chi connectivity index (χ0) is 13.6. The fourth-order valence-corrected chi connectivity index (χ4v) is 2.19. The highest BCUT2D eigenvalue weighted by Gasteiger charge is 2.26. The van der Waals surface area contributed by atoms with Crippen molar-refractivity contribution < 1.29 is 14.6 Å². The first-order valence-corrected chi connectivity index (χ1v) is 6.42. The zero-order valence-electron chi connectivity index (χ0n) is 10.4. The lowest BCUT2D eigenvalue weighted by Gasteiger charge is -2.26. The van der Waals surface area contributed by atoms with Crippen molar-refractivity contribution in [2.24, 2.45) is 5.41 Å². The van der Waals surface area contributed by atoms with Crippen LogP contribution >= 0.6 is 15.9 Å². The number of halogens is 1. The second-order valence-electron chi connectivity index (χ2n) is 4.60. The van der Waals surface area contributed by atoms with Crippen LogP contribution in [-0.4, -0.2) is 24.3 Å². The highest BCUT2D eigenvalue weighted by atomic mass is 79.9. The van der Waals surface area contributed by atoms with Crippen LogP contribution in [-0.2, 0) is 4.74 Å². The first kappa shape index (κ1) is 14.9. The van der Waals surface area contributed by atoms with Gasteiger partial charge in [-0.05, 0) is 23.0 Å².